The molecule has 0 aliphatic heterocycles. The van der Waals surface area contributed by atoms with Crippen LogP contribution in [0.15, 0.2) is 36.4 Å². The summed E-state index contributed by atoms with van der Waals surface area (Å²) in [5.74, 6) is 0.0956. The molecule has 2 aromatic carbocycles. The SMILES string of the molecule is COc1ccc2cc(C(=O)COC(C)=O)ccc2c1. The van der Waals surface area contributed by atoms with E-state index in [1.807, 2.05) is 24.3 Å². The summed E-state index contributed by atoms with van der Waals surface area (Å²) in [6, 6.07) is 11.0. The minimum absolute atomic E-state index is 0.215. The topological polar surface area (TPSA) is 52.6 Å². The van der Waals surface area contributed by atoms with Crippen molar-refractivity contribution in [3.63, 3.8) is 0 Å². The summed E-state index contributed by atoms with van der Waals surface area (Å²) in [4.78, 5) is 22.5. The number of benzene rings is 2. The maximum atomic E-state index is 11.8. The first-order chi connectivity index (χ1) is 9.10. The molecule has 4 heteroatoms. The van der Waals surface area contributed by atoms with Crippen molar-refractivity contribution in [1.29, 1.82) is 0 Å². The summed E-state index contributed by atoms with van der Waals surface area (Å²) in [6.07, 6.45) is 0. The van der Waals surface area contributed by atoms with Gasteiger partial charge in [0.2, 0.25) is 0 Å². The first kappa shape index (κ1) is 13.1. The second-order valence-corrected chi connectivity index (χ2v) is 4.13. The molecular weight excluding hydrogens is 244 g/mol. The summed E-state index contributed by atoms with van der Waals surface area (Å²) < 4.78 is 9.84. The van der Waals surface area contributed by atoms with Crippen LogP contribution in [-0.4, -0.2) is 25.5 Å². The van der Waals surface area contributed by atoms with Gasteiger partial charge in [0, 0.05) is 12.5 Å². The van der Waals surface area contributed by atoms with Gasteiger partial charge in [0.15, 0.2) is 12.4 Å². The van der Waals surface area contributed by atoms with Crippen molar-refractivity contribution >= 4 is 22.5 Å². The van der Waals surface area contributed by atoms with E-state index in [1.54, 1.807) is 19.2 Å². The highest BCUT2D eigenvalue weighted by Crippen LogP contribution is 2.22. The Labute approximate surface area is 110 Å². The van der Waals surface area contributed by atoms with Crippen LogP contribution in [-0.2, 0) is 9.53 Å². The fourth-order valence-electron chi connectivity index (χ4n) is 1.77. The quantitative estimate of drug-likeness (QED) is 0.624. The molecule has 0 N–H and O–H groups in total. The molecular formula is C15H14O4. The number of ether oxygens (including phenoxy) is 2. The van der Waals surface area contributed by atoms with Crippen molar-refractivity contribution < 1.29 is 19.1 Å². The third-order valence-corrected chi connectivity index (χ3v) is 2.78. The van der Waals surface area contributed by atoms with Gasteiger partial charge < -0.3 is 9.47 Å². The molecule has 2 rings (SSSR count). The lowest BCUT2D eigenvalue weighted by atomic mass is 10.0. The van der Waals surface area contributed by atoms with Gasteiger partial charge in [-0.3, -0.25) is 9.59 Å². The molecule has 0 aliphatic carbocycles. The molecule has 0 unspecified atom stereocenters. The van der Waals surface area contributed by atoms with Crippen LogP contribution in [0.4, 0.5) is 0 Å². The summed E-state index contributed by atoms with van der Waals surface area (Å²) >= 11 is 0. The molecule has 98 valence electrons. The Hall–Kier alpha value is -2.36. The van der Waals surface area contributed by atoms with Crippen LogP contribution < -0.4 is 4.74 Å². The Balaban J connectivity index is 2.26. The summed E-state index contributed by atoms with van der Waals surface area (Å²) in [6.45, 7) is 1.05. The van der Waals surface area contributed by atoms with Gasteiger partial charge in [0.25, 0.3) is 0 Å². The number of hydrogen-bond acceptors (Lipinski definition) is 4. The first-order valence-corrected chi connectivity index (χ1v) is 5.84. The predicted molar refractivity (Wildman–Crippen MR) is 71.5 cm³/mol. The van der Waals surface area contributed by atoms with Crippen LogP contribution in [0.2, 0.25) is 0 Å². The standard InChI is InChI=1S/C15H14O4/c1-10(16)19-9-15(17)13-4-3-12-8-14(18-2)6-5-11(12)7-13/h3-8H,9H2,1-2H3. The number of ketones is 1. The number of carbonyl (C=O) groups is 2. The number of esters is 1. The highest BCUT2D eigenvalue weighted by atomic mass is 16.5. The second-order valence-electron chi connectivity index (χ2n) is 4.13. The Morgan fingerprint density at radius 2 is 1.74 bits per heavy atom. The number of Topliss-reactive ketones (excluding diaryl/α,β-unsaturated/α-hetero) is 1. The van der Waals surface area contributed by atoms with E-state index in [4.69, 9.17) is 9.47 Å². The highest BCUT2D eigenvalue weighted by molar-refractivity contribution is 6.01. The molecule has 19 heavy (non-hydrogen) atoms. The number of fused-ring (bicyclic) bond motifs is 1. The Morgan fingerprint density at radius 1 is 1.05 bits per heavy atom. The minimum atomic E-state index is -0.459. The van der Waals surface area contributed by atoms with E-state index < -0.39 is 5.97 Å². The smallest absolute Gasteiger partial charge is 0.303 e. The van der Waals surface area contributed by atoms with Gasteiger partial charge >= 0.3 is 5.97 Å². The Morgan fingerprint density at radius 3 is 2.42 bits per heavy atom. The molecule has 0 aromatic heterocycles. The largest absolute Gasteiger partial charge is 0.497 e. The number of rotatable bonds is 4. The third kappa shape index (κ3) is 3.10. The number of carbonyl (C=O) groups excluding carboxylic acids is 2. The molecule has 0 amide bonds. The molecule has 0 aliphatic rings. The minimum Gasteiger partial charge on any atom is -0.497 e. The monoisotopic (exact) mass is 258 g/mol. The zero-order valence-electron chi connectivity index (χ0n) is 10.8. The first-order valence-electron chi connectivity index (χ1n) is 5.84. The van der Waals surface area contributed by atoms with Crippen molar-refractivity contribution in [3.8, 4) is 5.75 Å². The van der Waals surface area contributed by atoms with E-state index in [1.165, 1.54) is 6.92 Å². The second kappa shape index (κ2) is 5.52. The lowest BCUT2D eigenvalue weighted by molar-refractivity contribution is -0.139. The summed E-state index contributed by atoms with van der Waals surface area (Å²) in [7, 11) is 1.61. The highest BCUT2D eigenvalue weighted by Gasteiger charge is 2.08. The van der Waals surface area contributed by atoms with E-state index >= 15 is 0 Å². The molecule has 4 nitrogen and oxygen atoms in total. The maximum Gasteiger partial charge on any atom is 0.303 e. The van der Waals surface area contributed by atoms with E-state index in [9.17, 15) is 9.59 Å². The van der Waals surface area contributed by atoms with Crippen molar-refractivity contribution in [3.05, 3.63) is 42.0 Å². The normalized spacial score (nSPS) is 10.2. The zero-order valence-corrected chi connectivity index (χ0v) is 10.8. The third-order valence-electron chi connectivity index (χ3n) is 2.78. The van der Waals surface area contributed by atoms with Crippen molar-refractivity contribution in [2.45, 2.75) is 6.92 Å². The molecule has 0 saturated heterocycles. The van der Waals surface area contributed by atoms with Crippen LogP contribution in [0.1, 0.15) is 17.3 Å². The lowest BCUT2D eigenvalue weighted by Gasteiger charge is -2.05. The van der Waals surface area contributed by atoms with Crippen LogP contribution in [0.3, 0.4) is 0 Å². The summed E-state index contributed by atoms with van der Waals surface area (Å²) in [5.41, 5.74) is 0.527. The van der Waals surface area contributed by atoms with Crippen molar-refractivity contribution in [2.75, 3.05) is 13.7 Å². The lowest BCUT2D eigenvalue weighted by Crippen LogP contribution is -2.11. The van der Waals surface area contributed by atoms with Gasteiger partial charge in [-0.15, -0.1) is 0 Å². The molecule has 2 aromatic rings. The van der Waals surface area contributed by atoms with E-state index in [2.05, 4.69) is 0 Å². The molecule has 0 spiro atoms. The Bertz CT molecular complexity index is 631. The van der Waals surface area contributed by atoms with Crippen LogP contribution in [0.25, 0.3) is 10.8 Å². The van der Waals surface area contributed by atoms with Gasteiger partial charge in [-0.25, -0.2) is 0 Å². The predicted octanol–water partition coefficient (Wildman–Crippen LogP) is 2.59. The number of methoxy groups -OCH3 is 1. The maximum absolute atomic E-state index is 11.8. The summed E-state index contributed by atoms with van der Waals surface area (Å²) in [5, 5.41) is 1.93. The molecule has 0 atom stereocenters. The van der Waals surface area contributed by atoms with Crippen molar-refractivity contribution in [2.24, 2.45) is 0 Å². The van der Waals surface area contributed by atoms with E-state index in [0.717, 1.165) is 16.5 Å². The average molecular weight is 258 g/mol. The number of hydrogen-bond donors (Lipinski definition) is 0. The van der Waals surface area contributed by atoms with Gasteiger partial charge in [-0.2, -0.15) is 0 Å². The molecule has 0 radical (unpaired) electrons. The van der Waals surface area contributed by atoms with Gasteiger partial charge in [0.05, 0.1) is 7.11 Å². The zero-order chi connectivity index (χ0) is 13.8. The van der Waals surface area contributed by atoms with Crippen LogP contribution in [0, 0.1) is 0 Å². The molecule has 0 heterocycles. The van der Waals surface area contributed by atoms with Gasteiger partial charge in [-0.05, 0) is 29.0 Å². The molecule has 0 fully saturated rings. The van der Waals surface area contributed by atoms with Crippen LogP contribution in [0.5, 0.6) is 5.75 Å². The van der Waals surface area contributed by atoms with Crippen LogP contribution >= 0.6 is 0 Å². The Kier molecular flexibility index (Phi) is 3.80. The molecule has 0 saturated carbocycles. The van der Waals surface area contributed by atoms with Crippen molar-refractivity contribution in [1.82, 2.24) is 0 Å². The van der Waals surface area contributed by atoms with E-state index in [-0.39, 0.29) is 12.4 Å². The van der Waals surface area contributed by atoms with E-state index in [0.29, 0.717) is 5.56 Å². The fourth-order valence-corrected chi connectivity index (χ4v) is 1.77. The fraction of sp³-hybridized carbons (Fsp3) is 0.200. The van der Waals surface area contributed by atoms with Gasteiger partial charge in [-0.1, -0.05) is 18.2 Å². The average Bonchev–Trinajstić information content (AvgIpc) is 2.43. The van der Waals surface area contributed by atoms with Gasteiger partial charge in [0.1, 0.15) is 5.75 Å². The molecule has 0 bridgehead atoms.